The van der Waals surface area contributed by atoms with E-state index in [1.165, 1.54) is 0 Å². The molecule has 3 aromatic rings. The van der Waals surface area contributed by atoms with Gasteiger partial charge in [-0.2, -0.15) is 0 Å². The Balaban J connectivity index is 1.13. The SMILES string of the molecule is CO[C@@H]1CCN([C@H]2C[C@@H](COC3CCC(C(=O)O)CC3)N(C(=O)Cc3cc(Cl)c(NC(=O)c4cn(C)c5ccccc45)cc3Cl)C2)C1. The van der Waals surface area contributed by atoms with Crippen LogP contribution >= 0.6 is 23.2 Å². The molecule has 0 bridgehead atoms. The van der Waals surface area contributed by atoms with Crippen molar-refractivity contribution in [1.82, 2.24) is 14.4 Å². The number of hydrogen-bond acceptors (Lipinski definition) is 6. The van der Waals surface area contributed by atoms with Crippen LogP contribution in [0.2, 0.25) is 10.0 Å². The Kier molecular flexibility index (Phi) is 10.4. The van der Waals surface area contributed by atoms with E-state index >= 15 is 0 Å². The smallest absolute Gasteiger partial charge is 0.306 e. The second-order valence-corrected chi connectivity index (χ2v) is 13.9. The minimum absolute atomic E-state index is 0.00357. The maximum Gasteiger partial charge on any atom is 0.306 e. The lowest BCUT2D eigenvalue weighted by Crippen LogP contribution is -2.41. The fourth-order valence-corrected chi connectivity index (χ4v) is 7.88. The van der Waals surface area contributed by atoms with E-state index in [0.29, 0.717) is 65.7 Å². The quantitative estimate of drug-likeness (QED) is 0.285. The lowest BCUT2D eigenvalue weighted by Gasteiger charge is -2.30. The summed E-state index contributed by atoms with van der Waals surface area (Å²) in [5.41, 5.74) is 2.42. The van der Waals surface area contributed by atoms with Crippen LogP contribution in [0.4, 0.5) is 5.69 Å². The molecule has 2 N–H and O–H groups in total. The van der Waals surface area contributed by atoms with Crippen LogP contribution in [0.25, 0.3) is 10.9 Å². The topological polar surface area (TPSA) is 113 Å². The number of methoxy groups -OCH3 is 1. The van der Waals surface area contributed by atoms with Crippen LogP contribution in [0.15, 0.2) is 42.6 Å². The summed E-state index contributed by atoms with van der Waals surface area (Å²) >= 11 is 13.4. The van der Waals surface area contributed by atoms with Gasteiger partial charge in [0.1, 0.15) is 0 Å². The number of halogens is 2. The van der Waals surface area contributed by atoms with Crippen molar-refractivity contribution >= 4 is 57.6 Å². The number of nitrogens with zero attached hydrogens (tertiary/aromatic N) is 3. The third-order valence-corrected chi connectivity index (χ3v) is 10.8. The van der Waals surface area contributed by atoms with Crippen LogP contribution in [0, 0.1) is 5.92 Å². The molecule has 1 aromatic heterocycles. The predicted octanol–water partition coefficient (Wildman–Crippen LogP) is 5.63. The molecule has 3 heterocycles. The maximum atomic E-state index is 13.9. The summed E-state index contributed by atoms with van der Waals surface area (Å²) < 4.78 is 13.8. The highest BCUT2D eigenvalue weighted by atomic mass is 35.5. The molecule has 6 rings (SSSR count). The second kappa shape index (κ2) is 14.5. The third-order valence-electron chi connectivity index (χ3n) is 10.2. The van der Waals surface area contributed by atoms with Crippen LogP contribution in [-0.2, 0) is 32.5 Å². The van der Waals surface area contributed by atoms with Crippen molar-refractivity contribution in [2.24, 2.45) is 13.0 Å². The number of carboxylic acid groups (broad SMARTS) is 1. The van der Waals surface area contributed by atoms with Gasteiger partial charge in [0.2, 0.25) is 5.91 Å². The number of ether oxygens (including phenoxy) is 2. The Bertz CT molecular complexity index is 1640. The van der Waals surface area contributed by atoms with E-state index < -0.39 is 5.97 Å². The monoisotopic (exact) mass is 684 g/mol. The van der Waals surface area contributed by atoms with E-state index in [1.54, 1.807) is 25.4 Å². The summed E-state index contributed by atoms with van der Waals surface area (Å²) in [6, 6.07) is 11.0. The van der Waals surface area contributed by atoms with Gasteiger partial charge in [0.25, 0.3) is 5.91 Å². The molecule has 252 valence electrons. The molecule has 3 atom stereocenters. The molecular weight excluding hydrogens is 643 g/mol. The third kappa shape index (κ3) is 7.47. The summed E-state index contributed by atoms with van der Waals surface area (Å²) in [4.78, 5) is 42.8. The van der Waals surface area contributed by atoms with Gasteiger partial charge in [-0.15, -0.1) is 0 Å². The summed E-state index contributed by atoms with van der Waals surface area (Å²) in [6.45, 7) is 2.74. The van der Waals surface area contributed by atoms with Gasteiger partial charge in [-0.05, 0) is 62.3 Å². The Labute approximate surface area is 284 Å². The Morgan fingerprint density at radius 3 is 2.49 bits per heavy atom. The average molecular weight is 686 g/mol. The van der Waals surface area contributed by atoms with E-state index in [1.807, 2.05) is 40.8 Å². The molecule has 2 amide bonds. The van der Waals surface area contributed by atoms with Crippen molar-refractivity contribution in [2.75, 3.05) is 38.7 Å². The first-order chi connectivity index (χ1) is 22.6. The van der Waals surface area contributed by atoms with E-state index in [9.17, 15) is 19.5 Å². The van der Waals surface area contributed by atoms with E-state index in [2.05, 4.69) is 10.2 Å². The molecule has 1 saturated carbocycles. The van der Waals surface area contributed by atoms with Crippen molar-refractivity contribution < 1.29 is 29.0 Å². The summed E-state index contributed by atoms with van der Waals surface area (Å²) in [5.74, 6) is -1.41. The van der Waals surface area contributed by atoms with Crippen molar-refractivity contribution in [3.8, 4) is 0 Å². The molecular formula is C35H42Cl2N4O6. The minimum atomic E-state index is -0.738. The van der Waals surface area contributed by atoms with Gasteiger partial charge in [-0.25, -0.2) is 0 Å². The number of anilines is 1. The number of aryl methyl sites for hydroxylation is 1. The number of nitrogens with one attached hydrogen (secondary N) is 1. The zero-order valence-electron chi connectivity index (χ0n) is 26.8. The number of carbonyl (C=O) groups excluding carboxylic acids is 2. The Hall–Kier alpha value is -3.15. The average Bonchev–Trinajstić information content (AvgIpc) is 3.80. The molecule has 0 spiro atoms. The second-order valence-electron chi connectivity index (χ2n) is 13.1. The van der Waals surface area contributed by atoms with Gasteiger partial charge in [0.15, 0.2) is 0 Å². The summed E-state index contributed by atoms with van der Waals surface area (Å²) in [7, 11) is 3.63. The highest BCUT2D eigenvalue weighted by Gasteiger charge is 2.41. The van der Waals surface area contributed by atoms with Gasteiger partial charge in [0.05, 0.1) is 53.5 Å². The zero-order chi connectivity index (χ0) is 33.2. The zero-order valence-corrected chi connectivity index (χ0v) is 28.3. The maximum absolute atomic E-state index is 13.9. The molecule has 2 saturated heterocycles. The van der Waals surface area contributed by atoms with E-state index in [-0.39, 0.29) is 48.4 Å². The number of aromatic nitrogens is 1. The highest BCUT2D eigenvalue weighted by Crippen LogP contribution is 2.34. The molecule has 2 aromatic carbocycles. The number of para-hydroxylation sites is 1. The van der Waals surface area contributed by atoms with Crippen LogP contribution in [0.3, 0.4) is 0 Å². The number of benzene rings is 2. The van der Waals surface area contributed by atoms with Gasteiger partial charge in [0, 0.05) is 62.0 Å². The van der Waals surface area contributed by atoms with Crippen LogP contribution < -0.4 is 5.32 Å². The molecule has 10 nitrogen and oxygen atoms in total. The van der Waals surface area contributed by atoms with E-state index in [0.717, 1.165) is 36.8 Å². The normalized spacial score (nSPS) is 25.0. The lowest BCUT2D eigenvalue weighted by atomic mass is 9.87. The molecule has 0 unspecified atom stereocenters. The highest BCUT2D eigenvalue weighted by molar-refractivity contribution is 6.36. The van der Waals surface area contributed by atoms with Crippen molar-refractivity contribution in [3.63, 3.8) is 0 Å². The minimum Gasteiger partial charge on any atom is -0.481 e. The number of likely N-dealkylation sites (tertiary alicyclic amines) is 2. The molecule has 3 fully saturated rings. The standard InChI is InChI=1S/C35H42Cl2N4O6/c1-39-19-28(27-5-3-4-6-32(27)39)34(43)38-31-16-29(36)22(13-30(31)37)14-33(42)41-17-23(40-12-11-26(18-40)46-2)15-24(41)20-47-25-9-7-21(8-10-25)35(44)45/h3-6,13,16,19,21,23-26H,7-12,14-15,17-18,20H2,1-2H3,(H,38,43)(H,44,45)/t21?,23-,24-,25?,26+/m0/s1. The summed E-state index contributed by atoms with van der Waals surface area (Å²) in [5, 5.41) is 13.7. The molecule has 3 aliphatic rings. The molecule has 1 aliphatic carbocycles. The largest absolute Gasteiger partial charge is 0.481 e. The fraction of sp³-hybridized carbons (Fsp3) is 0.514. The first-order valence-electron chi connectivity index (χ1n) is 16.3. The van der Waals surface area contributed by atoms with Crippen molar-refractivity contribution in [2.45, 2.75) is 69.2 Å². The van der Waals surface area contributed by atoms with Crippen molar-refractivity contribution in [3.05, 3.63) is 63.8 Å². The van der Waals surface area contributed by atoms with E-state index in [4.69, 9.17) is 32.7 Å². The lowest BCUT2D eigenvalue weighted by molar-refractivity contribution is -0.144. The number of carboxylic acids is 1. The number of aliphatic carboxylic acids is 1. The van der Waals surface area contributed by atoms with Gasteiger partial charge < -0.3 is 29.4 Å². The number of carbonyl (C=O) groups is 3. The van der Waals surface area contributed by atoms with Crippen LogP contribution in [-0.4, -0.2) is 94.9 Å². The van der Waals surface area contributed by atoms with Gasteiger partial charge >= 0.3 is 5.97 Å². The predicted molar refractivity (Wildman–Crippen MR) is 181 cm³/mol. The van der Waals surface area contributed by atoms with Gasteiger partial charge in [-0.3, -0.25) is 19.3 Å². The number of amides is 2. The fourth-order valence-electron chi connectivity index (χ4n) is 7.42. The number of fused-ring (bicyclic) bond motifs is 1. The molecule has 2 aliphatic heterocycles. The first kappa shape index (κ1) is 33.7. The van der Waals surface area contributed by atoms with Gasteiger partial charge in [-0.1, -0.05) is 41.4 Å². The summed E-state index contributed by atoms with van der Waals surface area (Å²) in [6.07, 6.45) is 6.43. The van der Waals surface area contributed by atoms with Crippen LogP contribution in [0.5, 0.6) is 0 Å². The molecule has 12 heteroatoms. The molecule has 0 radical (unpaired) electrons. The number of rotatable bonds is 10. The molecule has 47 heavy (non-hydrogen) atoms. The van der Waals surface area contributed by atoms with Crippen LogP contribution in [0.1, 0.15) is 54.4 Å². The Morgan fingerprint density at radius 1 is 1.00 bits per heavy atom. The Morgan fingerprint density at radius 2 is 1.77 bits per heavy atom. The van der Waals surface area contributed by atoms with Crippen molar-refractivity contribution in [1.29, 1.82) is 0 Å². The number of hydrogen-bond donors (Lipinski definition) is 2. The first-order valence-corrected chi connectivity index (χ1v) is 17.1.